The van der Waals surface area contributed by atoms with Gasteiger partial charge in [0.1, 0.15) is 5.75 Å². The molecule has 0 saturated carbocycles. The minimum absolute atomic E-state index is 0.106. The van der Waals surface area contributed by atoms with Crippen LogP contribution in [0.25, 0.3) is 0 Å². The number of hydrogen-bond acceptors (Lipinski definition) is 3. The van der Waals surface area contributed by atoms with E-state index >= 15 is 0 Å². The lowest BCUT2D eigenvalue weighted by atomic mass is 10.3. The van der Waals surface area contributed by atoms with Gasteiger partial charge in [-0.15, -0.1) is 0 Å². The first-order valence-electron chi connectivity index (χ1n) is 4.38. The number of para-hydroxylation sites is 1. The summed E-state index contributed by atoms with van der Waals surface area (Å²) in [6.07, 6.45) is -0.106. The zero-order chi connectivity index (χ0) is 11.3. The van der Waals surface area contributed by atoms with E-state index in [1.807, 2.05) is 0 Å². The molecule has 0 amide bonds. The van der Waals surface area contributed by atoms with E-state index in [0.717, 1.165) is 0 Å². The molecule has 0 aliphatic rings. The highest BCUT2D eigenvalue weighted by Crippen LogP contribution is 2.21. The van der Waals surface area contributed by atoms with Crippen LogP contribution in [0.3, 0.4) is 0 Å². The number of rotatable bonds is 5. The maximum absolute atomic E-state index is 11.7. The predicted octanol–water partition coefficient (Wildman–Crippen LogP) is 1.28. The van der Waals surface area contributed by atoms with Gasteiger partial charge in [0, 0.05) is 5.75 Å². The summed E-state index contributed by atoms with van der Waals surface area (Å²) in [6, 6.07) is 6.90. The summed E-state index contributed by atoms with van der Waals surface area (Å²) in [4.78, 5) is 10.9. The van der Waals surface area contributed by atoms with Gasteiger partial charge in [-0.1, -0.05) is 12.1 Å². The number of aliphatic carboxylic acids is 1. The lowest BCUT2D eigenvalue weighted by molar-refractivity contribution is -0.136. The van der Waals surface area contributed by atoms with Crippen LogP contribution >= 0.6 is 0 Å². The lowest BCUT2D eigenvalue weighted by Gasteiger charge is -2.06. The average molecular weight is 228 g/mol. The van der Waals surface area contributed by atoms with E-state index in [4.69, 9.17) is 9.84 Å². The van der Waals surface area contributed by atoms with E-state index in [2.05, 4.69) is 0 Å². The summed E-state index contributed by atoms with van der Waals surface area (Å²) < 4.78 is 16.7. The molecule has 0 aromatic heterocycles. The molecule has 1 unspecified atom stereocenters. The third-order valence-corrected chi connectivity index (χ3v) is 3.22. The summed E-state index contributed by atoms with van der Waals surface area (Å²) in [7, 11) is 0.172. The molecule has 1 aromatic carbocycles. The van der Waals surface area contributed by atoms with Gasteiger partial charge < -0.3 is 9.84 Å². The van der Waals surface area contributed by atoms with Gasteiger partial charge in [-0.2, -0.15) is 0 Å². The number of carboxylic acids is 1. The fourth-order valence-corrected chi connectivity index (χ4v) is 2.28. The van der Waals surface area contributed by atoms with Crippen molar-refractivity contribution in [3.05, 3.63) is 24.3 Å². The number of ether oxygens (including phenoxy) is 1. The van der Waals surface area contributed by atoms with Crippen molar-refractivity contribution in [1.29, 1.82) is 0 Å². The van der Waals surface area contributed by atoms with Crippen molar-refractivity contribution in [2.45, 2.75) is 11.3 Å². The first-order valence-corrected chi connectivity index (χ1v) is 5.70. The standard InChI is InChI=1S/C10H12O4S/c1-14-8-4-2-3-5-9(8)15(13)7-6-10(11)12/h2-5H,6-7H2,1H3,(H,11,12). The molecule has 0 aliphatic carbocycles. The summed E-state index contributed by atoms with van der Waals surface area (Å²) in [5.74, 6) is -0.310. The molecular weight excluding hydrogens is 216 g/mol. The van der Waals surface area contributed by atoms with Crippen LogP contribution in [0, 0.1) is 0 Å². The first-order chi connectivity index (χ1) is 7.15. The molecular formula is C10H12O4S. The minimum atomic E-state index is -1.32. The Labute approximate surface area is 90.3 Å². The number of carbonyl (C=O) groups is 1. The zero-order valence-electron chi connectivity index (χ0n) is 8.30. The van der Waals surface area contributed by atoms with Gasteiger partial charge in [-0.25, -0.2) is 0 Å². The van der Waals surface area contributed by atoms with Crippen molar-refractivity contribution in [3.63, 3.8) is 0 Å². The second-order valence-corrected chi connectivity index (χ2v) is 4.38. The number of benzene rings is 1. The van der Waals surface area contributed by atoms with Gasteiger partial charge in [0.2, 0.25) is 0 Å². The van der Waals surface area contributed by atoms with Crippen molar-refractivity contribution < 1.29 is 18.8 Å². The SMILES string of the molecule is COc1ccccc1S(=O)CCC(=O)O. The summed E-state index contributed by atoms with van der Waals surface area (Å²) in [5.41, 5.74) is 0. The van der Waals surface area contributed by atoms with Crippen LogP contribution in [-0.4, -0.2) is 28.1 Å². The van der Waals surface area contributed by atoms with Crippen LogP contribution in [-0.2, 0) is 15.6 Å². The fraction of sp³-hybridized carbons (Fsp3) is 0.300. The molecule has 1 atom stereocenters. The molecule has 1 aromatic rings. The van der Waals surface area contributed by atoms with E-state index in [1.54, 1.807) is 24.3 Å². The second-order valence-electron chi connectivity index (χ2n) is 2.84. The lowest BCUT2D eigenvalue weighted by Crippen LogP contribution is -2.05. The highest BCUT2D eigenvalue weighted by molar-refractivity contribution is 7.85. The molecule has 82 valence electrons. The van der Waals surface area contributed by atoms with Crippen LogP contribution in [0.4, 0.5) is 0 Å². The van der Waals surface area contributed by atoms with Crippen molar-refractivity contribution in [2.75, 3.05) is 12.9 Å². The number of hydrogen-bond donors (Lipinski definition) is 1. The smallest absolute Gasteiger partial charge is 0.304 e. The highest BCUT2D eigenvalue weighted by atomic mass is 32.2. The quantitative estimate of drug-likeness (QED) is 0.824. The Balaban J connectivity index is 2.77. The van der Waals surface area contributed by atoms with E-state index in [1.165, 1.54) is 7.11 Å². The van der Waals surface area contributed by atoms with Crippen LogP contribution in [0.1, 0.15) is 6.42 Å². The Morgan fingerprint density at radius 3 is 2.73 bits per heavy atom. The Hall–Kier alpha value is -1.36. The van der Waals surface area contributed by atoms with E-state index in [0.29, 0.717) is 10.6 Å². The summed E-state index contributed by atoms with van der Waals surface area (Å²) in [6.45, 7) is 0. The third kappa shape index (κ3) is 3.36. The van der Waals surface area contributed by atoms with Crippen LogP contribution in [0.15, 0.2) is 29.2 Å². The van der Waals surface area contributed by atoms with Gasteiger partial charge in [-0.3, -0.25) is 9.00 Å². The molecule has 1 N–H and O–H groups in total. The molecule has 0 aliphatic heterocycles. The van der Waals surface area contributed by atoms with Crippen LogP contribution in [0.5, 0.6) is 5.75 Å². The van der Waals surface area contributed by atoms with Gasteiger partial charge in [0.15, 0.2) is 0 Å². The molecule has 1 rings (SSSR count). The van der Waals surface area contributed by atoms with E-state index in [-0.39, 0.29) is 12.2 Å². The van der Waals surface area contributed by atoms with Gasteiger partial charge in [0.25, 0.3) is 0 Å². The maximum atomic E-state index is 11.7. The Kier molecular flexibility index (Phi) is 4.30. The normalized spacial score (nSPS) is 12.1. The molecule has 0 radical (unpaired) electrons. The molecule has 0 bridgehead atoms. The summed E-state index contributed by atoms with van der Waals surface area (Å²) >= 11 is 0. The monoisotopic (exact) mass is 228 g/mol. The van der Waals surface area contributed by atoms with Crippen molar-refractivity contribution in [1.82, 2.24) is 0 Å². The molecule has 0 fully saturated rings. The van der Waals surface area contributed by atoms with Gasteiger partial charge in [0.05, 0.1) is 29.2 Å². The average Bonchev–Trinajstić information content (AvgIpc) is 2.25. The van der Waals surface area contributed by atoms with Crippen molar-refractivity contribution >= 4 is 16.8 Å². The van der Waals surface area contributed by atoms with Gasteiger partial charge >= 0.3 is 5.97 Å². The third-order valence-electron chi connectivity index (χ3n) is 1.82. The Morgan fingerprint density at radius 2 is 2.13 bits per heavy atom. The van der Waals surface area contributed by atoms with E-state index < -0.39 is 16.8 Å². The molecule has 0 heterocycles. The molecule has 5 heteroatoms. The molecule has 0 spiro atoms. The number of methoxy groups -OCH3 is 1. The first kappa shape index (κ1) is 11.7. The maximum Gasteiger partial charge on any atom is 0.304 e. The fourth-order valence-electron chi connectivity index (χ4n) is 1.10. The zero-order valence-corrected chi connectivity index (χ0v) is 9.12. The predicted molar refractivity (Wildman–Crippen MR) is 56.5 cm³/mol. The summed E-state index contributed by atoms with van der Waals surface area (Å²) in [5, 5.41) is 8.47. The topological polar surface area (TPSA) is 63.6 Å². The van der Waals surface area contributed by atoms with Crippen LogP contribution < -0.4 is 4.74 Å². The Bertz CT molecular complexity index is 375. The van der Waals surface area contributed by atoms with Crippen LogP contribution in [0.2, 0.25) is 0 Å². The molecule has 15 heavy (non-hydrogen) atoms. The highest BCUT2D eigenvalue weighted by Gasteiger charge is 2.10. The van der Waals surface area contributed by atoms with Gasteiger partial charge in [-0.05, 0) is 12.1 Å². The largest absolute Gasteiger partial charge is 0.495 e. The van der Waals surface area contributed by atoms with Crippen molar-refractivity contribution in [2.24, 2.45) is 0 Å². The molecule has 4 nitrogen and oxygen atoms in total. The van der Waals surface area contributed by atoms with Crippen molar-refractivity contribution in [3.8, 4) is 5.75 Å². The molecule has 0 saturated heterocycles. The van der Waals surface area contributed by atoms with E-state index in [9.17, 15) is 9.00 Å². The second kappa shape index (κ2) is 5.50. The number of carboxylic acid groups (broad SMARTS) is 1. The minimum Gasteiger partial charge on any atom is -0.495 e. The Morgan fingerprint density at radius 1 is 1.47 bits per heavy atom.